The lowest BCUT2D eigenvalue weighted by Gasteiger charge is -2.39. The van der Waals surface area contributed by atoms with Crippen LogP contribution in [0.2, 0.25) is 0 Å². The van der Waals surface area contributed by atoms with Crippen LogP contribution in [0.4, 0.5) is 0 Å². The summed E-state index contributed by atoms with van der Waals surface area (Å²) in [6.07, 6.45) is 0. The highest BCUT2D eigenvalue weighted by Crippen LogP contribution is 2.36. The molecule has 2 heterocycles. The molecule has 0 spiro atoms. The van der Waals surface area contributed by atoms with E-state index >= 15 is 0 Å². The minimum atomic E-state index is 0.405. The fourth-order valence-electron chi connectivity index (χ4n) is 2.77. The van der Waals surface area contributed by atoms with Gasteiger partial charge in [0.05, 0.1) is 6.54 Å². The predicted octanol–water partition coefficient (Wildman–Crippen LogP) is 3.06. The maximum Gasteiger partial charge on any atom is 0.230 e. The van der Waals surface area contributed by atoms with Crippen LogP contribution < -0.4 is 0 Å². The predicted molar refractivity (Wildman–Crippen MR) is 80.5 cm³/mol. The maximum absolute atomic E-state index is 5.53. The average Bonchev–Trinajstić information content (AvgIpc) is 2.85. The maximum atomic E-state index is 5.53. The van der Waals surface area contributed by atoms with Gasteiger partial charge in [-0.15, -0.1) is 10.2 Å². The van der Waals surface area contributed by atoms with Gasteiger partial charge in [-0.3, -0.25) is 4.90 Å². The second kappa shape index (κ2) is 5.97. The van der Waals surface area contributed by atoms with Crippen LogP contribution in [0.3, 0.4) is 0 Å². The summed E-state index contributed by atoms with van der Waals surface area (Å²) in [6.45, 7) is 5.91. The quantitative estimate of drug-likeness (QED) is 0.868. The Morgan fingerprint density at radius 1 is 1.30 bits per heavy atom. The van der Waals surface area contributed by atoms with E-state index in [0.29, 0.717) is 23.1 Å². The topological polar surface area (TPSA) is 42.2 Å². The van der Waals surface area contributed by atoms with Crippen LogP contribution in [0.1, 0.15) is 30.3 Å². The minimum Gasteiger partial charge on any atom is -0.424 e. The lowest BCUT2D eigenvalue weighted by Crippen LogP contribution is -2.39. The Labute approximate surface area is 123 Å². The summed E-state index contributed by atoms with van der Waals surface area (Å²) in [4.78, 5) is 2.45. The molecule has 20 heavy (non-hydrogen) atoms. The fourth-order valence-corrected chi connectivity index (χ4v) is 3.99. The van der Waals surface area contributed by atoms with Crippen LogP contribution in [0, 0.1) is 6.92 Å². The van der Waals surface area contributed by atoms with E-state index in [4.69, 9.17) is 4.42 Å². The smallest absolute Gasteiger partial charge is 0.230 e. The van der Waals surface area contributed by atoms with Crippen molar-refractivity contribution in [3.63, 3.8) is 0 Å². The molecule has 0 aliphatic carbocycles. The molecule has 0 unspecified atom stereocenters. The molecule has 106 valence electrons. The molecule has 0 amide bonds. The first-order chi connectivity index (χ1) is 9.74. The van der Waals surface area contributed by atoms with Crippen molar-refractivity contribution in [3.8, 4) is 0 Å². The molecule has 0 N–H and O–H groups in total. The van der Waals surface area contributed by atoms with E-state index in [1.807, 2.05) is 18.7 Å². The van der Waals surface area contributed by atoms with E-state index in [1.165, 1.54) is 5.56 Å². The number of thioether (sulfide) groups is 1. The zero-order valence-electron chi connectivity index (χ0n) is 11.8. The van der Waals surface area contributed by atoms with Gasteiger partial charge in [0.2, 0.25) is 11.8 Å². The normalized spacial score (nSPS) is 23.9. The second-order valence-corrected chi connectivity index (χ2v) is 6.60. The third-order valence-corrected chi connectivity index (χ3v) is 4.85. The van der Waals surface area contributed by atoms with Crippen molar-refractivity contribution < 1.29 is 4.42 Å². The van der Waals surface area contributed by atoms with Gasteiger partial charge in [0.25, 0.3) is 0 Å². The molecule has 0 radical (unpaired) electrons. The summed E-state index contributed by atoms with van der Waals surface area (Å²) >= 11 is 2.03. The van der Waals surface area contributed by atoms with Gasteiger partial charge in [0.15, 0.2) is 0 Å². The molecule has 1 aliphatic rings. The van der Waals surface area contributed by atoms with Gasteiger partial charge in [-0.05, 0) is 5.56 Å². The Kier molecular flexibility index (Phi) is 4.08. The van der Waals surface area contributed by atoms with Gasteiger partial charge in [-0.1, -0.05) is 37.3 Å². The number of nitrogens with zero attached hydrogens (tertiary/aromatic N) is 3. The molecule has 1 fully saturated rings. The minimum absolute atomic E-state index is 0.405. The number of hydrogen-bond donors (Lipinski definition) is 0. The van der Waals surface area contributed by atoms with Gasteiger partial charge in [-0.2, -0.15) is 11.8 Å². The molecule has 0 saturated carbocycles. The van der Waals surface area contributed by atoms with Crippen LogP contribution in [0.5, 0.6) is 0 Å². The number of hydrogen-bond acceptors (Lipinski definition) is 5. The highest BCUT2D eigenvalue weighted by atomic mass is 32.2. The third kappa shape index (κ3) is 2.88. The summed E-state index contributed by atoms with van der Waals surface area (Å²) < 4.78 is 5.53. The van der Waals surface area contributed by atoms with Gasteiger partial charge in [-0.25, -0.2) is 0 Å². The SMILES string of the molecule is Cc1nnc(CN2CCS[C@H](C)[C@@H]2c2ccccc2)o1. The number of aryl methyl sites for hydroxylation is 1. The standard InChI is InChI=1S/C15H19N3OS/c1-11-15(13-6-4-3-5-7-13)18(8-9-20-11)10-14-17-16-12(2)19-14/h3-7,11,15H,8-10H2,1-2H3/t11-,15-/m1/s1. The van der Waals surface area contributed by atoms with Crippen LogP contribution in [0.15, 0.2) is 34.7 Å². The average molecular weight is 289 g/mol. The number of rotatable bonds is 3. The summed E-state index contributed by atoms with van der Waals surface area (Å²) in [6, 6.07) is 11.1. The first kappa shape index (κ1) is 13.6. The Bertz CT molecular complexity index is 557. The van der Waals surface area contributed by atoms with E-state index in [2.05, 4.69) is 52.4 Å². The Hall–Kier alpha value is -1.33. The van der Waals surface area contributed by atoms with E-state index in [1.54, 1.807) is 0 Å². The van der Waals surface area contributed by atoms with Crippen molar-refractivity contribution in [1.29, 1.82) is 0 Å². The van der Waals surface area contributed by atoms with E-state index in [-0.39, 0.29) is 0 Å². The van der Waals surface area contributed by atoms with Gasteiger partial charge in [0, 0.05) is 30.5 Å². The molecular weight excluding hydrogens is 270 g/mol. The first-order valence-corrected chi connectivity index (χ1v) is 7.98. The molecule has 1 aliphatic heterocycles. The van der Waals surface area contributed by atoms with Gasteiger partial charge in [0.1, 0.15) is 0 Å². The highest BCUT2D eigenvalue weighted by molar-refractivity contribution is 8.00. The monoisotopic (exact) mass is 289 g/mol. The van der Waals surface area contributed by atoms with Gasteiger partial charge >= 0.3 is 0 Å². The van der Waals surface area contributed by atoms with Crippen LogP contribution >= 0.6 is 11.8 Å². The van der Waals surface area contributed by atoms with E-state index < -0.39 is 0 Å². The zero-order chi connectivity index (χ0) is 13.9. The van der Waals surface area contributed by atoms with Crippen molar-refractivity contribution >= 4 is 11.8 Å². The second-order valence-electron chi connectivity index (χ2n) is 5.12. The zero-order valence-corrected chi connectivity index (χ0v) is 12.6. The molecule has 2 atom stereocenters. The molecule has 3 rings (SSSR count). The van der Waals surface area contributed by atoms with Crippen molar-refractivity contribution in [1.82, 2.24) is 15.1 Å². The molecule has 1 saturated heterocycles. The molecule has 2 aromatic rings. The first-order valence-electron chi connectivity index (χ1n) is 6.93. The van der Waals surface area contributed by atoms with Crippen molar-refractivity contribution in [2.75, 3.05) is 12.3 Å². The van der Waals surface area contributed by atoms with E-state index in [0.717, 1.165) is 18.8 Å². The lowest BCUT2D eigenvalue weighted by molar-refractivity contribution is 0.173. The lowest BCUT2D eigenvalue weighted by atomic mass is 10.0. The fraction of sp³-hybridized carbons (Fsp3) is 0.467. The Morgan fingerprint density at radius 2 is 2.10 bits per heavy atom. The molecule has 1 aromatic carbocycles. The highest BCUT2D eigenvalue weighted by Gasteiger charge is 2.31. The summed E-state index contributed by atoms with van der Waals surface area (Å²) in [5.41, 5.74) is 1.36. The van der Waals surface area contributed by atoms with Crippen molar-refractivity contribution in [3.05, 3.63) is 47.7 Å². The third-order valence-electron chi connectivity index (χ3n) is 3.64. The Balaban J connectivity index is 1.83. The van der Waals surface area contributed by atoms with Crippen molar-refractivity contribution in [2.24, 2.45) is 0 Å². The van der Waals surface area contributed by atoms with Crippen molar-refractivity contribution in [2.45, 2.75) is 31.7 Å². The number of aromatic nitrogens is 2. The molecule has 0 bridgehead atoms. The van der Waals surface area contributed by atoms with E-state index in [9.17, 15) is 0 Å². The summed E-state index contributed by atoms with van der Waals surface area (Å²) in [5, 5.41) is 8.61. The molecule has 1 aromatic heterocycles. The Morgan fingerprint density at radius 3 is 2.80 bits per heavy atom. The van der Waals surface area contributed by atoms with Gasteiger partial charge < -0.3 is 4.42 Å². The molecule has 5 heteroatoms. The summed E-state index contributed by atoms with van der Waals surface area (Å²) in [7, 11) is 0. The van der Waals surface area contributed by atoms with Crippen LogP contribution in [-0.4, -0.2) is 32.6 Å². The van der Waals surface area contributed by atoms with Crippen LogP contribution in [0.25, 0.3) is 0 Å². The number of benzene rings is 1. The largest absolute Gasteiger partial charge is 0.424 e. The summed E-state index contributed by atoms with van der Waals surface area (Å²) in [5.74, 6) is 2.50. The molecular formula is C15H19N3OS. The van der Waals surface area contributed by atoms with Crippen LogP contribution in [-0.2, 0) is 6.54 Å². The molecule has 4 nitrogen and oxygen atoms in total.